The molecule has 1 heterocycles. The van der Waals surface area contributed by atoms with Crippen LogP contribution in [0.5, 0.6) is 0 Å². The summed E-state index contributed by atoms with van der Waals surface area (Å²) in [5, 5.41) is 2.73. The summed E-state index contributed by atoms with van der Waals surface area (Å²) in [4.78, 5) is 12.1. The molecule has 1 aromatic carbocycles. The lowest BCUT2D eigenvalue weighted by Gasteiger charge is -2.21. The van der Waals surface area contributed by atoms with Crippen molar-refractivity contribution in [3.05, 3.63) is 35.6 Å². The van der Waals surface area contributed by atoms with Gasteiger partial charge in [0.05, 0.1) is 6.26 Å². The highest BCUT2D eigenvalue weighted by molar-refractivity contribution is 7.88. The van der Waals surface area contributed by atoms with E-state index in [9.17, 15) is 17.6 Å². The summed E-state index contributed by atoms with van der Waals surface area (Å²) in [5.41, 5.74) is 0.793. The maximum atomic E-state index is 13.0. The van der Waals surface area contributed by atoms with E-state index in [1.165, 1.54) is 16.4 Å². The molecule has 1 aromatic rings. The van der Waals surface area contributed by atoms with Gasteiger partial charge in [0.1, 0.15) is 11.9 Å². The monoisotopic (exact) mass is 314 g/mol. The Labute approximate surface area is 124 Å². The minimum absolute atomic E-state index is 0.283. The molecule has 0 bridgehead atoms. The van der Waals surface area contributed by atoms with Gasteiger partial charge in [0.25, 0.3) is 0 Å². The Bertz CT molecular complexity index is 618. The van der Waals surface area contributed by atoms with Crippen molar-refractivity contribution in [2.24, 2.45) is 0 Å². The molecule has 0 aromatic heterocycles. The number of sulfonamides is 1. The lowest BCUT2D eigenvalue weighted by Crippen LogP contribution is -2.45. The molecule has 2 rings (SSSR count). The van der Waals surface area contributed by atoms with Crippen molar-refractivity contribution < 1.29 is 17.6 Å². The maximum Gasteiger partial charge on any atom is 0.238 e. The van der Waals surface area contributed by atoms with Crippen LogP contribution >= 0.6 is 0 Å². The molecule has 0 radical (unpaired) electrons. The van der Waals surface area contributed by atoms with Crippen LogP contribution in [-0.2, 0) is 21.2 Å². The number of hydrogen-bond donors (Lipinski definition) is 1. The Balaban J connectivity index is 1.87. The molecule has 1 aliphatic heterocycles. The minimum atomic E-state index is -3.36. The van der Waals surface area contributed by atoms with Gasteiger partial charge in [0, 0.05) is 13.1 Å². The van der Waals surface area contributed by atoms with E-state index >= 15 is 0 Å². The molecule has 0 unspecified atom stereocenters. The number of rotatable bonds is 5. The van der Waals surface area contributed by atoms with Crippen LogP contribution in [0, 0.1) is 5.82 Å². The smallest absolute Gasteiger partial charge is 0.238 e. The lowest BCUT2D eigenvalue weighted by molar-refractivity contribution is -0.124. The Morgan fingerprint density at radius 1 is 1.48 bits per heavy atom. The first-order valence-corrected chi connectivity index (χ1v) is 8.72. The number of carbonyl (C=O) groups excluding carboxylic acids is 1. The molecule has 116 valence electrons. The quantitative estimate of drug-likeness (QED) is 0.878. The van der Waals surface area contributed by atoms with Crippen molar-refractivity contribution in [3.8, 4) is 0 Å². The third-order valence-electron chi connectivity index (χ3n) is 3.53. The average Bonchev–Trinajstić information content (AvgIpc) is 2.88. The fraction of sp³-hybridized carbons (Fsp3) is 0.500. The number of carbonyl (C=O) groups is 1. The molecular weight excluding hydrogens is 295 g/mol. The Hall–Kier alpha value is -1.47. The molecule has 21 heavy (non-hydrogen) atoms. The van der Waals surface area contributed by atoms with Crippen molar-refractivity contribution >= 4 is 15.9 Å². The fourth-order valence-electron chi connectivity index (χ4n) is 2.54. The maximum absolute atomic E-state index is 13.0. The largest absolute Gasteiger partial charge is 0.354 e. The van der Waals surface area contributed by atoms with Gasteiger partial charge in [0.15, 0.2) is 0 Å². The van der Waals surface area contributed by atoms with Gasteiger partial charge in [-0.3, -0.25) is 4.79 Å². The highest BCUT2D eigenvalue weighted by Gasteiger charge is 2.36. The van der Waals surface area contributed by atoms with Gasteiger partial charge in [-0.2, -0.15) is 4.31 Å². The van der Waals surface area contributed by atoms with E-state index in [-0.39, 0.29) is 11.7 Å². The number of halogens is 1. The molecule has 1 atom stereocenters. The van der Waals surface area contributed by atoms with Crippen molar-refractivity contribution in [3.63, 3.8) is 0 Å². The summed E-state index contributed by atoms with van der Waals surface area (Å²) in [7, 11) is -3.36. The van der Waals surface area contributed by atoms with Gasteiger partial charge in [-0.05, 0) is 37.0 Å². The fourth-order valence-corrected chi connectivity index (χ4v) is 3.66. The van der Waals surface area contributed by atoms with Crippen LogP contribution in [0.25, 0.3) is 0 Å². The predicted octanol–water partition coefficient (Wildman–Crippen LogP) is 0.908. The highest BCUT2D eigenvalue weighted by atomic mass is 32.2. The van der Waals surface area contributed by atoms with Crippen LogP contribution in [-0.4, -0.2) is 44.0 Å². The molecule has 1 N–H and O–H groups in total. The van der Waals surface area contributed by atoms with Crippen molar-refractivity contribution in [2.45, 2.75) is 25.3 Å². The molecule has 1 fully saturated rings. The molecule has 5 nitrogen and oxygen atoms in total. The average molecular weight is 314 g/mol. The van der Waals surface area contributed by atoms with Crippen LogP contribution < -0.4 is 5.32 Å². The van der Waals surface area contributed by atoms with Gasteiger partial charge in [-0.25, -0.2) is 12.8 Å². The van der Waals surface area contributed by atoms with Gasteiger partial charge >= 0.3 is 0 Å². The SMILES string of the molecule is CS(=O)(=O)N1CCC[C@H]1C(=O)NCCc1cccc(F)c1. The van der Waals surface area contributed by atoms with E-state index in [1.807, 2.05) is 0 Å². The standard InChI is InChI=1S/C14H19FN2O3S/c1-21(19,20)17-9-3-6-13(17)14(18)16-8-7-11-4-2-5-12(15)10-11/h2,4-5,10,13H,3,6-9H2,1H3,(H,16,18)/t13-/m0/s1. The van der Waals surface area contributed by atoms with Gasteiger partial charge in [-0.15, -0.1) is 0 Å². The van der Waals surface area contributed by atoms with E-state index in [0.717, 1.165) is 11.8 Å². The van der Waals surface area contributed by atoms with Gasteiger partial charge < -0.3 is 5.32 Å². The van der Waals surface area contributed by atoms with Crippen molar-refractivity contribution in [1.82, 2.24) is 9.62 Å². The molecular formula is C14H19FN2O3S. The second-order valence-electron chi connectivity index (χ2n) is 5.20. The summed E-state index contributed by atoms with van der Waals surface area (Å²) in [6.07, 6.45) is 2.86. The topological polar surface area (TPSA) is 66.5 Å². The normalized spacial score (nSPS) is 19.6. The zero-order valence-electron chi connectivity index (χ0n) is 11.9. The Kier molecular flexibility index (Phi) is 4.95. The van der Waals surface area contributed by atoms with Crippen LogP contribution in [0.3, 0.4) is 0 Å². The van der Waals surface area contributed by atoms with Crippen LogP contribution in [0.4, 0.5) is 4.39 Å². The van der Waals surface area contributed by atoms with E-state index in [2.05, 4.69) is 5.32 Å². The number of nitrogens with one attached hydrogen (secondary N) is 1. The molecule has 1 amide bonds. The molecule has 1 aliphatic rings. The summed E-state index contributed by atoms with van der Waals surface area (Å²) >= 11 is 0. The third kappa shape index (κ3) is 4.25. The first kappa shape index (κ1) is 15.9. The number of nitrogens with zero attached hydrogens (tertiary/aromatic N) is 1. The summed E-state index contributed by atoms with van der Waals surface area (Å²) in [6.45, 7) is 0.747. The molecule has 0 saturated carbocycles. The Morgan fingerprint density at radius 3 is 2.90 bits per heavy atom. The van der Waals surface area contributed by atoms with Crippen molar-refractivity contribution in [2.75, 3.05) is 19.3 Å². The Morgan fingerprint density at radius 2 is 2.24 bits per heavy atom. The second kappa shape index (κ2) is 6.53. The molecule has 1 saturated heterocycles. The summed E-state index contributed by atoms with van der Waals surface area (Å²) < 4.78 is 37.4. The van der Waals surface area contributed by atoms with E-state index < -0.39 is 16.1 Å². The zero-order chi connectivity index (χ0) is 15.5. The highest BCUT2D eigenvalue weighted by Crippen LogP contribution is 2.20. The molecule has 0 aliphatic carbocycles. The minimum Gasteiger partial charge on any atom is -0.354 e. The number of benzene rings is 1. The van der Waals surface area contributed by atoms with Crippen LogP contribution in [0.1, 0.15) is 18.4 Å². The van der Waals surface area contributed by atoms with E-state index in [4.69, 9.17) is 0 Å². The molecule has 7 heteroatoms. The third-order valence-corrected chi connectivity index (χ3v) is 4.82. The second-order valence-corrected chi connectivity index (χ2v) is 7.14. The summed E-state index contributed by atoms with van der Waals surface area (Å²) in [6, 6.07) is 5.57. The van der Waals surface area contributed by atoms with Gasteiger partial charge in [0.2, 0.25) is 15.9 Å². The summed E-state index contributed by atoms with van der Waals surface area (Å²) in [5.74, 6) is -0.591. The predicted molar refractivity (Wildman–Crippen MR) is 77.7 cm³/mol. The van der Waals surface area contributed by atoms with E-state index in [1.54, 1.807) is 12.1 Å². The molecule has 0 spiro atoms. The number of hydrogen-bond acceptors (Lipinski definition) is 3. The van der Waals surface area contributed by atoms with Gasteiger partial charge in [-0.1, -0.05) is 12.1 Å². The first-order valence-electron chi connectivity index (χ1n) is 6.87. The van der Waals surface area contributed by atoms with E-state index in [0.29, 0.717) is 32.4 Å². The van der Waals surface area contributed by atoms with Crippen LogP contribution in [0.15, 0.2) is 24.3 Å². The lowest BCUT2D eigenvalue weighted by atomic mass is 10.1. The van der Waals surface area contributed by atoms with Crippen LogP contribution in [0.2, 0.25) is 0 Å². The zero-order valence-corrected chi connectivity index (χ0v) is 12.7. The number of amides is 1. The first-order chi connectivity index (χ1) is 9.88. The van der Waals surface area contributed by atoms with Crippen molar-refractivity contribution in [1.29, 1.82) is 0 Å².